The predicted octanol–water partition coefficient (Wildman–Crippen LogP) is 4.18. The van der Waals surface area contributed by atoms with Gasteiger partial charge in [-0.3, -0.25) is 4.79 Å². The zero-order chi connectivity index (χ0) is 24.1. The highest BCUT2D eigenvalue weighted by Crippen LogP contribution is 2.38. The second-order valence-electron chi connectivity index (χ2n) is 9.59. The maximum Gasteiger partial charge on any atom is 0.302 e. The first-order valence-corrected chi connectivity index (χ1v) is 12.0. The molecule has 7 heteroatoms. The maximum absolute atomic E-state index is 11.5. The lowest BCUT2D eigenvalue weighted by atomic mass is 9.83. The molecule has 10 atom stereocenters. The fraction of sp³-hybridized carbons (Fsp3) is 0.731. The van der Waals surface area contributed by atoms with Crippen LogP contribution in [0.25, 0.3) is 0 Å². The van der Waals surface area contributed by atoms with Gasteiger partial charge in [-0.05, 0) is 18.4 Å². The van der Waals surface area contributed by atoms with Crippen molar-refractivity contribution >= 4 is 5.97 Å². The van der Waals surface area contributed by atoms with E-state index in [-0.39, 0.29) is 60.8 Å². The topological polar surface area (TPSA) is 72.5 Å². The summed E-state index contributed by atoms with van der Waals surface area (Å²) in [6, 6.07) is 10.2. The largest absolute Gasteiger partial charge is 0.463 e. The predicted molar refractivity (Wildman–Crippen MR) is 123 cm³/mol. The van der Waals surface area contributed by atoms with Crippen LogP contribution in [0.4, 0.5) is 0 Å². The molecule has 0 spiro atoms. The second kappa shape index (κ2) is 11.8. The Morgan fingerprint density at radius 1 is 0.879 bits per heavy atom. The lowest BCUT2D eigenvalue weighted by molar-refractivity contribution is -0.329. The monoisotopic (exact) mass is 464 g/mol. The van der Waals surface area contributed by atoms with Gasteiger partial charge in [-0.2, -0.15) is 0 Å². The molecule has 33 heavy (non-hydrogen) atoms. The van der Waals surface area contributed by atoms with E-state index in [4.69, 9.17) is 28.4 Å². The Balaban J connectivity index is 1.73. The van der Waals surface area contributed by atoms with E-state index in [0.29, 0.717) is 6.61 Å². The van der Waals surface area contributed by atoms with Crippen molar-refractivity contribution in [1.29, 1.82) is 0 Å². The van der Waals surface area contributed by atoms with Gasteiger partial charge in [0.1, 0.15) is 12.7 Å². The van der Waals surface area contributed by atoms with Gasteiger partial charge >= 0.3 is 5.97 Å². The van der Waals surface area contributed by atoms with Crippen LogP contribution in [0.1, 0.15) is 47.1 Å². The summed E-state index contributed by atoms with van der Waals surface area (Å²) < 4.78 is 36.2. The summed E-state index contributed by atoms with van der Waals surface area (Å²) in [6.45, 7) is 12.6. The van der Waals surface area contributed by atoms with E-state index < -0.39 is 12.4 Å². The van der Waals surface area contributed by atoms with Crippen molar-refractivity contribution < 1.29 is 33.2 Å². The lowest BCUT2D eigenvalue weighted by Gasteiger charge is -2.48. The van der Waals surface area contributed by atoms with Crippen molar-refractivity contribution in [2.45, 2.75) is 85.1 Å². The summed E-state index contributed by atoms with van der Waals surface area (Å²) in [5.41, 5.74) is 1.14. The standard InChI is InChI=1S/C26H40O7/c1-15-16(2)25(28-7)32-22(14-29-20(6)27)24(15)33-26-18(4)23(17(3)19(5)31-26)30-13-21-11-9-8-10-12-21/h8-12,15-19,22-26H,13-14H2,1-7H3/t15-,16?,17-,18?,19?,22?,23-,24-,25+,26+/m1/s1. The Hall–Kier alpha value is -1.51. The molecule has 1 aromatic carbocycles. The number of benzene rings is 1. The van der Waals surface area contributed by atoms with Crippen molar-refractivity contribution in [3.63, 3.8) is 0 Å². The molecule has 4 unspecified atom stereocenters. The molecule has 2 aliphatic rings. The van der Waals surface area contributed by atoms with E-state index in [9.17, 15) is 4.79 Å². The van der Waals surface area contributed by atoms with Crippen LogP contribution in [0.2, 0.25) is 0 Å². The molecule has 0 amide bonds. The molecule has 0 aliphatic carbocycles. The zero-order valence-corrected chi connectivity index (χ0v) is 20.9. The summed E-state index contributed by atoms with van der Waals surface area (Å²) in [5, 5.41) is 0. The number of hydrogen-bond donors (Lipinski definition) is 0. The third kappa shape index (κ3) is 6.34. The summed E-state index contributed by atoms with van der Waals surface area (Å²) >= 11 is 0. The third-order valence-electron chi connectivity index (χ3n) is 7.27. The second-order valence-corrected chi connectivity index (χ2v) is 9.59. The molecular formula is C26H40O7. The smallest absolute Gasteiger partial charge is 0.302 e. The van der Waals surface area contributed by atoms with E-state index in [2.05, 4.69) is 46.8 Å². The molecule has 2 fully saturated rings. The van der Waals surface area contributed by atoms with E-state index in [1.165, 1.54) is 6.92 Å². The van der Waals surface area contributed by atoms with Crippen LogP contribution in [-0.4, -0.2) is 56.7 Å². The van der Waals surface area contributed by atoms with Crippen LogP contribution < -0.4 is 0 Å². The number of esters is 1. The van der Waals surface area contributed by atoms with Gasteiger partial charge in [-0.15, -0.1) is 0 Å². The Labute approximate surface area is 198 Å². The Morgan fingerprint density at radius 3 is 2.21 bits per heavy atom. The molecule has 2 heterocycles. The summed E-state index contributed by atoms with van der Waals surface area (Å²) in [5.74, 6) is 0.0956. The average Bonchev–Trinajstić information content (AvgIpc) is 2.80. The number of carbonyl (C=O) groups is 1. The van der Waals surface area contributed by atoms with Gasteiger partial charge in [0.05, 0.1) is 24.9 Å². The molecule has 7 nitrogen and oxygen atoms in total. The molecule has 2 aliphatic heterocycles. The van der Waals surface area contributed by atoms with Gasteiger partial charge < -0.3 is 28.4 Å². The first-order chi connectivity index (χ1) is 15.7. The van der Waals surface area contributed by atoms with Crippen LogP contribution in [0.3, 0.4) is 0 Å². The molecule has 1 aromatic rings. The minimum absolute atomic E-state index is 0.0111. The van der Waals surface area contributed by atoms with Crippen molar-refractivity contribution in [1.82, 2.24) is 0 Å². The zero-order valence-electron chi connectivity index (χ0n) is 20.9. The molecule has 0 N–H and O–H groups in total. The van der Waals surface area contributed by atoms with Crippen LogP contribution in [0.15, 0.2) is 30.3 Å². The Bertz CT molecular complexity index is 741. The van der Waals surface area contributed by atoms with Crippen molar-refractivity contribution in [3.05, 3.63) is 35.9 Å². The minimum Gasteiger partial charge on any atom is -0.463 e. The molecule has 0 bridgehead atoms. The van der Waals surface area contributed by atoms with Crippen molar-refractivity contribution in [2.75, 3.05) is 13.7 Å². The highest BCUT2D eigenvalue weighted by molar-refractivity contribution is 5.65. The van der Waals surface area contributed by atoms with Gasteiger partial charge in [0.2, 0.25) is 0 Å². The Kier molecular flexibility index (Phi) is 9.30. The number of ether oxygens (including phenoxy) is 6. The minimum atomic E-state index is -0.459. The van der Waals surface area contributed by atoms with Gasteiger partial charge in [0.25, 0.3) is 0 Å². The molecular weight excluding hydrogens is 424 g/mol. The van der Waals surface area contributed by atoms with E-state index in [1.54, 1.807) is 7.11 Å². The van der Waals surface area contributed by atoms with E-state index >= 15 is 0 Å². The quantitative estimate of drug-likeness (QED) is 0.535. The number of methoxy groups -OCH3 is 1. The van der Waals surface area contributed by atoms with Crippen LogP contribution in [0, 0.1) is 23.7 Å². The fourth-order valence-corrected chi connectivity index (χ4v) is 4.82. The maximum atomic E-state index is 11.5. The number of hydrogen-bond acceptors (Lipinski definition) is 7. The van der Waals surface area contributed by atoms with Crippen molar-refractivity contribution in [3.8, 4) is 0 Å². The summed E-state index contributed by atoms with van der Waals surface area (Å²) in [4.78, 5) is 11.5. The van der Waals surface area contributed by atoms with Crippen molar-refractivity contribution in [2.24, 2.45) is 23.7 Å². The molecule has 2 saturated heterocycles. The lowest BCUT2D eigenvalue weighted by Crippen LogP contribution is -2.57. The normalized spacial score (nSPS) is 39.2. The summed E-state index contributed by atoms with van der Waals surface area (Å²) in [6.07, 6.45) is -1.64. The van der Waals surface area contributed by atoms with Crippen LogP contribution >= 0.6 is 0 Å². The van der Waals surface area contributed by atoms with Gasteiger partial charge in [0, 0.05) is 31.8 Å². The third-order valence-corrected chi connectivity index (χ3v) is 7.27. The highest BCUT2D eigenvalue weighted by Gasteiger charge is 2.47. The van der Waals surface area contributed by atoms with Gasteiger partial charge in [-0.1, -0.05) is 58.0 Å². The molecule has 0 saturated carbocycles. The van der Waals surface area contributed by atoms with Crippen LogP contribution in [-0.2, 0) is 39.8 Å². The number of rotatable bonds is 8. The fourth-order valence-electron chi connectivity index (χ4n) is 4.82. The molecule has 186 valence electrons. The first-order valence-electron chi connectivity index (χ1n) is 12.0. The Morgan fingerprint density at radius 2 is 1.58 bits per heavy atom. The SMILES string of the molecule is CO[C@H]1OC(COC(C)=O)[C@H](O[C@@H]2OC(C)[C@@H](C)[C@@H](OCc3ccccc3)C2C)[C@H](C)C1C. The number of carbonyl (C=O) groups excluding carboxylic acids is 1. The van der Waals surface area contributed by atoms with E-state index in [0.717, 1.165) is 5.56 Å². The molecule has 0 radical (unpaired) electrons. The molecule has 0 aromatic heterocycles. The van der Waals surface area contributed by atoms with Gasteiger partial charge in [0.15, 0.2) is 12.6 Å². The average molecular weight is 465 g/mol. The van der Waals surface area contributed by atoms with E-state index in [1.807, 2.05) is 18.2 Å². The summed E-state index contributed by atoms with van der Waals surface area (Å²) in [7, 11) is 1.63. The van der Waals surface area contributed by atoms with Crippen LogP contribution in [0.5, 0.6) is 0 Å². The first kappa shape index (κ1) is 26.1. The molecule has 3 rings (SSSR count). The van der Waals surface area contributed by atoms with Gasteiger partial charge in [-0.25, -0.2) is 0 Å². The highest BCUT2D eigenvalue weighted by atomic mass is 16.7.